The van der Waals surface area contributed by atoms with Gasteiger partial charge in [-0.05, 0) is 44.0 Å². The first kappa shape index (κ1) is 13.3. The second kappa shape index (κ2) is 7.53. The van der Waals surface area contributed by atoms with Gasteiger partial charge in [0.2, 0.25) is 0 Å². The van der Waals surface area contributed by atoms with Crippen LogP contribution in [0.5, 0.6) is 5.75 Å². The van der Waals surface area contributed by atoms with Gasteiger partial charge in [0.15, 0.2) is 0 Å². The lowest BCUT2D eigenvalue weighted by Crippen LogP contribution is -2.17. The van der Waals surface area contributed by atoms with Crippen molar-refractivity contribution in [3.63, 3.8) is 0 Å². The van der Waals surface area contributed by atoms with Crippen LogP contribution in [0.4, 0.5) is 0 Å². The molecule has 16 heavy (non-hydrogen) atoms. The number of benzene rings is 1. The highest BCUT2D eigenvalue weighted by Gasteiger charge is 2.09. The average molecular weight is 242 g/mol. The average Bonchev–Trinajstić information content (AvgIpc) is 2.26. The zero-order valence-electron chi connectivity index (χ0n) is 9.79. The maximum absolute atomic E-state index is 5.91. The Morgan fingerprint density at radius 2 is 2.19 bits per heavy atom. The van der Waals surface area contributed by atoms with E-state index in [0.29, 0.717) is 5.02 Å². The minimum atomic E-state index is 0.256. The SMILES string of the molecule is CCCC(CCCN)Oc1cccc(Cl)c1. The summed E-state index contributed by atoms with van der Waals surface area (Å²) in [6.07, 6.45) is 4.46. The van der Waals surface area contributed by atoms with E-state index in [9.17, 15) is 0 Å². The molecule has 0 saturated carbocycles. The monoisotopic (exact) mass is 241 g/mol. The van der Waals surface area contributed by atoms with Crippen LogP contribution >= 0.6 is 11.6 Å². The van der Waals surface area contributed by atoms with Gasteiger partial charge >= 0.3 is 0 Å². The molecule has 0 aliphatic carbocycles. The summed E-state index contributed by atoms with van der Waals surface area (Å²) in [5, 5.41) is 0.714. The van der Waals surface area contributed by atoms with Crippen molar-refractivity contribution in [1.29, 1.82) is 0 Å². The summed E-state index contributed by atoms with van der Waals surface area (Å²) in [6.45, 7) is 2.88. The van der Waals surface area contributed by atoms with Gasteiger partial charge in [0, 0.05) is 5.02 Å². The van der Waals surface area contributed by atoms with Crippen molar-refractivity contribution >= 4 is 11.6 Å². The van der Waals surface area contributed by atoms with Crippen LogP contribution in [0, 0.1) is 0 Å². The van der Waals surface area contributed by atoms with Crippen molar-refractivity contribution in [2.45, 2.75) is 38.7 Å². The maximum atomic E-state index is 5.91. The standard InChI is InChI=1S/C13H20ClNO/c1-2-5-12(8-4-9-15)16-13-7-3-6-11(14)10-13/h3,6-7,10,12H,2,4-5,8-9,15H2,1H3. The summed E-state index contributed by atoms with van der Waals surface area (Å²) >= 11 is 5.91. The Hall–Kier alpha value is -0.730. The lowest BCUT2D eigenvalue weighted by atomic mass is 10.1. The smallest absolute Gasteiger partial charge is 0.121 e. The van der Waals surface area contributed by atoms with Gasteiger partial charge in [-0.15, -0.1) is 0 Å². The Labute approximate surface area is 103 Å². The normalized spacial score (nSPS) is 12.4. The molecule has 1 unspecified atom stereocenters. The lowest BCUT2D eigenvalue weighted by molar-refractivity contribution is 0.178. The van der Waals surface area contributed by atoms with Crippen LogP contribution in [0.2, 0.25) is 5.02 Å². The van der Waals surface area contributed by atoms with Crippen LogP contribution in [0.25, 0.3) is 0 Å². The highest BCUT2D eigenvalue weighted by Crippen LogP contribution is 2.20. The van der Waals surface area contributed by atoms with Crippen LogP contribution in [0.15, 0.2) is 24.3 Å². The fourth-order valence-corrected chi connectivity index (χ4v) is 1.84. The summed E-state index contributed by atoms with van der Waals surface area (Å²) in [7, 11) is 0. The second-order valence-corrected chi connectivity index (χ2v) is 4.35. The van der Waals surface area contributed by atoms with Crippen LogP contribution in [0.1, 0.15) is 32.6 Å². The molecule has 3 heteroatoms. The molecule has 0 aromatic heterocycles. The predicted octanol–water partition coefficient (Wildman–Crippen LogP) is 3.63. The van der Waals surface area contributed by atoms with E-state index in [2.05, 4.69) is 6.92 Å². The second-order valence-electron chi connectivity index (χ2n) is 3.92. The summed E-state index contributed by atoms with van der Waals surface area (Å²) in [5.74, 6) is 0.850. The molecule has 0 amide bonds. The zero-order valence-corrected chi connectivity index (χ0v) is 10.5. The van der Waals surface area contributed by atoms with Gasteiger partial charge in [-0.1, -0.05) is 31.0 Å². The van der Waals surface area contributed by atoms with Crippen LogP contribution in [0.3, 0.4) is 0 Å². The van der Waals surface area contributed by atoms with Crippen LogP contribution in [-0.2, 0) is 0 Å². The molecule has 2 N–H and O–H groups in total. The number of rotatable bonds is 7. The molecule has 1 atom stereocenters. The first-order valence-electron chi connectivity index (χ1n) is 5.88. The van der Waals surface area contributed by atoms with Gasteiger partial charge in [0.05, 0.1) is 6.10 Å². The van der Waals surface area contributed by atoms with Gasteiger partial charge in [-0.3, -0.25) is 0 Å². The summed E-state index contributed by atoms with van der Waals surface area (Å²) in [4.78, 5) is 0. The molecule has 1 aromatic rings. The van der Waals surface area contributed by atoms with Gasteiger partial charge in [0.1, 0.15) is 5.75 Å². The van der Waals surface area contributed by atoms with Crippen molar-refractivity contribution in [2.24, 2.45) is 5.73 Å². The molecule has 0 heterocycles. The van der Waals surface area contributed by atoms with Crippen molar-refractivity contribution in [3.8, 4) is 5.75 Å². The molecule has 90 valence electrons. The first-order chi connectivity index (χ1) is 7.76. The Morgan fingerprint density at radius 1 is 1.38 bits per heavy atom. The summed E-state index contributed by atoms with van der Waals surface area (Å²) < 4.78 is 5.90. The lowest BCUT2D eigenvalue weighted by Gasteiger charge is -2.18. The molecular formula is C13H20ClNO. The Bertz CT molecular complexity index is 304. The minimum absolute atomic E-state index is 0.256. The first-order valence-corrected chi connectivity index (χ1v) is 6.26. The van der Waals surface area contributed by atoms with E-state index in [1.165, 1.54) is 0 Å². The maximum Gasteiger partial charge on any atom is 0.121 e. The van der Waals surface area contributed by atoms with E-state index in [-0.39, 0.29) is 6.10 Å². The van der Waals surface area contributed by atoms with Gasteiger partial charge in [0.25, 0.3) is 0 Å². The Kier molecular flexibility index (Phi) is 6.27. The molecule has 0 fully saturated rings. The van der Waals surface area contributed by atoms with E-state index >= 15 is 0 Å². The van der Waals surface area contributed by atoms with Gasteiger partial charge in [-0.25, -0.2) is 0 Å². The molecule has 0 aliphatic heterocycles. The molecule has 1 rings (SSSR count). The summed E-state index contributed by atoms with van der Waals surface area (Å²) in [5.41, 5.74) is 5.51. The largest absolute Gasteiger partial charge is 0.490 e. The third kappa shape index (κ3) is 4.86. The molecular weight excluding hydrogens is 222 g/mol. The van der Waals surface area contributed by atoms with Gasteiger partial charge in [-0.2, -0.15) is 0 Å². The summed E-state index contributed by atoms with van der Waals surface area (Å²) in [6, 6.07) is 7.55. The third-order valence-electron chi connectivity index (χ3n) is 2.44. The van der Waals surface area contributed by atoms with Crippen LogP contribution in [-0.4, -0.2) is 12.6 Å². The fourth-order valence-electron chi connectivity index (χ4n) is 1.66. The molecule has 0 spiro atoms. The van der Waals surface area contributed by atoms with E-state index in [4.69, 9.17) is 22.1 Å². The number of nitrogens with two attached hydrogens (primary N) is 1. The molecule has 0 saturated heterocycles. The molecule has 0 bridgehead atoms. The molecule has 0 aliphatic rings. The predicted molar refractivity (Wildman–Crippen MR) is 69.1 cm³/mol. The topological polar surface area (TPSA) is 35.2 Å². The number of hydrogen-bond acceptors (Lipinski definition) is 2. The van der Waals surface area contributed by atoms with E-state index in [0.717, 1.165) is 38.0 Å². The number of hydrogen-bond donors (Lipinski definition) is 1. The molecule has 2 nitrogen and oxygen atoms in total. The fraction of sp³-hybridized carbons (Fsp3) is 0.538. The molecule has 0 radical (unpaired) electrons. The zero-order chi connectivity index (χ0) is 11.8. The highest BCUT2D eigenvalue weighted by atomic mass is 35.5. The molecule has 1 aromatic carbocycles. The van der Waals surface area contributed by atoms with Crippen molar-refractivity contribution in [2.75, 3.05) is 6.54 Å². The van der Waals surface area contributed by atoms with Crippen molar-refractivity contribution < 1.29 is 4.74 Å². The van der Waals surface area contributed by atoms with Gasteiger partial charge < -0.3 is 10.5 Å². The Balaban J connectivity index is 2.52. The third-order valence-corrected chi connectivity index (χ3v) is 2.67. The quantitative estimate of drug-likeness (QED) is 0.791. The van der Waals surface area contributed by atoms with Crippen molar-refractivity contribution in [1.82, 2.24) is 0 Å². The van der Waals surface area contributed by atoms with Crippen molar-refractivity contribution in [3.05, 3.63) is 29.3 Å². The van der Waals surface area contributed by atoms with E-state index < -0.39 is 0 Å². The van der Waals surface area contributed by atoms with E-state index in [1.807, 2.05) is 24.3 Å². The number of halogens is 1. The minimum Gasteiger partial charge on any atom is -0.490 e. The van der Waals surface area contributed by atoms with Crippen LogP contribution < -0.4 is 10.5 Å². The van der Waals surface area contributed by atoms with E-state index in [1.54, 1.807) is 0 Å². The highest BCUT2D eigenvalue weighted by molar-refractivity contribution is 6.30. The number of ether oxygens (including phenoxy) is 1. The Morgan fingerprint density at radius 3 is 2.81 bits per heavy atom.